The van der Waals surface area contributed by atoms with Crippen LogP contribution in [0, 0.1) is 5.92 Å². The van der Waals surface area contributed by atoms with Crippen molar-refractivity contribution in [1.29, 1.82) is 0 Å². The standard InChI is InChI=1S/C17H28N2O2S/c1-4-19-11-5-6-16(19)13-18-22(20,21)17-9-7-15(8-10-17)12-14(2)3/h7-10,14,16,18H,4-6,11-13H2,1-3H3/t16-/m0/s1. The van der Waals surface area contributed by atoms with E-state index in [4.69, 9.17) is 0 Å². The van der Waals surface area contributed by atoms with Gasteiger partial charge in [0.05, 0.1) is 4.90 Å². The molecule has 1 atom stereocenters. The predicted molar refractivity (Wildman–Crippen MR) is 90.4 cm³/mol. The number of rotatable bonds is 7. The third kappa shape index (κ3) is 4.54. The van der Waals surface area contributed by atoms with Crippen molar-refractivity contribution in [3.63, 3.8) is 0 Å². The summed E-state index contributed by atoms with van der Waals surface area (Å²) in [6, 6.07) is 7.60. The molecule has 1 aromatic rings. The van der Waals surface area contributed by atoms with Crippen molar-refractivity contribution in [3.8, 4) is 0 Å². The van der Waals surface area contributed by atoms with Crippen molar-refractivity contribution < 1.29 is 8.42 Å². The van der Waals surface area contributed by atoms with Crippen LogP contribution in [0.2, 0.25) is 0 Å². The van der Waals surface area contributed by atoms with E-state index in [0.717, 1.165) is 32.4 Å². The van der Waals surface area contributed by atoms with Gasteiger partial charge < -0.3 is 0 Å². The highest BCUT2D eigenvalue weighted by molar-refractivity contribution is 7.89. The summed E-state index contributed by atoms with van der Waals surface area (Å²) in [7, 11) is -3.40. The second-order valence-electron chi connectivity index (χ2n) is 6.52. The minimum atomic E-state index is -3.40. The first-order valence-electron chi connectivity index (χ1n) is 8.25. The molecule has 0 aromatic heterocycles. The Morgan fingerprint density at radius 2 is 1.95 bits per heavy atom. The number of nitrogens with zero attached hydrogens (tertiary/aromatic N) is 1. The zero-order valence-electron chi connectivity index (χ0n) is 13.9. The van der Waals surface area contributed by atoms with Gasteiger partial charge >= 0.3 is 0 Å². The maximum absolute atomic E-state index is 12.4. The molecular formula is C17H28N2O2S. The van der Waals surface area contributed by atoms with E-state index in [1.165, 1.54) is 5.56 Å². The number of sulfonamides is 1. The number of hydrogen-bond acceptors (Lipinski definition) is 3. The van der Waals surface area contributed by atoms with Gasteiger partial charge in [-0.15, -0.1) is 0 Å². The SMILES string of the molecule is CCN1CCC[C@H]1CNS(=O)(=O)c1ccc(CC(C)C)cc1. The van der Waals surface area contributed by atoms with E-state index in [-0.39, 0.29) is 0 Å². The Morgan fingerprint density at radius 3 is 2.55 bits per heavy atom. The molecule has 1 N–H and O–H groups in total. The molecule has 1 aliphatic rings. The molecule has 0 aliphatic carbocycles. The normalized spacial score (nSPS) is 19.9. The molecule has 1 aromatic carbocycles. The fraction of sp³-hybridized carbons (Fsp3) is 0.647. The van der Waals surface area contributed by atoms with Crippen LogP contribution in [0.5, 0.6) is 0 Å². The topological polar surface area (TPSA) is 49.4 Å². The molecular weight excluding hydrogens is 296 g/mol. The molecule has 0 spiro atoms. The van der Waals surface area contributed by atoms with E-state index in [2.05, 4.69) is 30.4 Å². The Bertz CT molecular complexity index is 567. The van der Waals surface area contributed by atoms with Gasteiger partial charge in [-0.3, -0.25) is 4.90 Å². The number of hydrogen-bond donors (Lipinski definition) is 1. The molecule has 0 amide bonds. The van der Waals surface area contributed by atoms with E-state index < -0.39 is 10.0 Å². The molecule has 0 unspecified atom stereocenters. The highest BCUT2D eigenvalue weighted by Gasteiger charge is 2.25. The molecule has 4 nitrogen and oxygen atoms in total. The van der Waals surface area contributed by atoms with Gasteiger partial charge in [-0.2, -0.15) is 0 Å². The van der Waals surface area contributed by atoms with Crippen LogP contribution >= 0.6 is 0 Å². The van der Waals surface area contributed by atoms with Gasteiger partial charge in [0.1, 0.15) is 0 Å². The third-order valence-electron chi connectivity index (χ3n) is 4.29. The van der Waals surface area contributed by atoms with Gasteiger partial charge in [-0.25, -0.2) is 13.1 Å². The summed E-state index contributed by atoms with van der Waals surface area (Å²) >= 11 is 0. The molecule has 1 fully saturated rings. The summed E-state index contributed by atoms with van der Waals surface area (Å²) in [6.45, 7) is 9.01. The Hall–Kier alpha value is -0.910. The Balaban J connectivity index is 1.97. The summed E-state index contributed by atoms with van der Waals surface area (Å²) in [6.07, 6.45) is 3.20. The first kappa shape index (κ1) is 17.4. The van der Waals surface area contributed by atoms with E-state index in [1.807, 2.05) is 12.1 Å². The maximum atomic E-state index is 12.4. The zero-order chi connectivity index (χ0) is 16.2. The molecule has 1 saturated heterocycles. The number of benzene rings is 1. The average molecular weight is 324 g/mol. The van der Waals surface area contributed by atoms with Crippen LogP contribution in [-0.4, -0.2) is 39.0 Å². The maximum Gasteiger partial charge on any atom is 0.240 e. The van der Waals surface area contributed by atoms with Gasteiger partial charge in [0.25, 0.3) is 0 Å². The number of likely N-dealkylation sites (tertiary alicyclic amines) is 1. The summed E-state index contributed by atoms with van der Waals surface area (Å²) in [4.78, 5) is 2.70. The lowest BCUT2D eigenvalue weighted by Gasteiger charge is -2.22. The molecule has 1 aliphatic heterocycles. The lowest BCUT2D eigenvalue weighted by atomic mass is 10.0. The van der Waals surface area contributed by atoms with Gasteiger partial charge in [0.2, 0.25) is 10.0 Å². The molecule has 2 rings (SSSR count). The third-order valence-corrected chi connectivity index (χ3v) is 5.73. The Morgan fingerprint density at radius 1 is 1.27 bits per heavy atom. The van der Waals surface area contributed by atoms with Crippen LogP contribution in [0.4, 0.5) is 0 Å². The fourth-order valence-corrected chi connectivity index (χ4v) is 4.18. The molecule has 1 heterocycles. The predicted octanol–water partition coefficient (Wildman–Crippen LogP) is 2.65. The van der Waals surface area contributed by atoms with Gasteiger partial charge in [-0.05, 0) is 56.0 Å². The van der Waals surface area contributed by atoms with Crippen LogP contribution in [0.3, 0.4) is 0 Å². The van der Waals surface area contributed by atoms with E-state index >= 15 is 0 Å². The van der Waals surface area contributed by atoms with Crippen molar-refractivity contribution in [2.45, 2.75) is 51.0 Å². The Kier molecular flexibility index (Phi) is 6.01. The van der Waals surface area contributed by atoms with Gasteiger partial charge in [0, 0.05) is 12.6 Å². The minimum absolute atomic E-state index is 0.333. The molecule has 5 heteroatoms. The van der Waals surface area contributed by atoms with E-state index in [1.54, 1.807) is 12.1 Å². The zero-order valence-corrected chi connectivity index (χ0v) is 14.7. The van der Waals surface area contributed by atoms with Gasteiger partial charge in [-0.1, -0.05) is 32.9 Å². The van der Waals surface area contributed by atoms with Crippen LogP contribution in [0.1, 0.15) is 39.2 Å². The lowest BCUT2D eigenvalue weighted by Crippen LogP contribution is -2.39. The molecule has 0 saturated carbocycles. The van der Waals surface area contributed by atoms with Crippen molar-refractivity contribution in [2.24, 2.45) is 5.92 Å². The summed E-state index contributed by atoms with van der Waals surface area (Å²) < 4.78 is 27.5. The smallest absolute Gasteiger partial charge is 0.240 e. The molecule has 0 bridgehead atoms. The highest BCUT2D eigenvalue weighted by atomic mass is 32.2. The monoisotopic (exact) mass is 324 g/mol. The second kappa shape index (κ2) is 7.57. The van der Waals surface area contributed by atoms with Crippen molar-refractivity contribution in [2.75, 3.05) is 19.6 Å². The molecule has 0 radical (unpaired) electrons. The largest absolute Gasteiger partial charge is 0.299 e. The Labute approximate surface area is 135 Å². The van der Waals surface area contributed by atoms with Gasteiger partial charge in [0.15, 0.2) is 0 Å². The molecule has 22 heavy (non-hydrogen) atoms. The van der Waals surface area contributed by atoms with Crippen molar-refractivity contribution >= 4 is 10.0 Å². The van der Waals surface area contributed by atoms with Crippen LogP contribution in [-0.2, 0) is 16.4 Å². The van der Waals surface area contributed by atoms with Crippen LogP contribution in [0.15, 0.2) is 29.2 Å². The van der Waals surface area contributed by atoms with Crippen molar-refractivity contribution in [1.82, 2.24) is 9.62 Å². The number of likely N-dealkylation sites (N-methyl/N-ethyl adjacent to an activating group) is 1. The average Bonchev–Trinajstić information content (AvgIpc) is 2.92. The lowest BCUT2D eigenvalue weighted by molar-refractivity contribution is 0.268. The minimum Gasteiger partial charge on any atom is -0.299 e. The van der Waals surface area contributed by atoms with E-state index in [0.29, 0.717) is 23.4 Å². The first-order chi connectivity index (χ1) is 10.4. The molecule has 124 valence electrons. The van der Waals surface area contributed by atoms with Crippen molar-refractivity contribution in [3.05, 3.63) is 29.8 Å². The second-order valence-corrected chi connectivity index (χ2v) is 8.29. The van der Waals surface area contributed by atoms with E-state index in [9.17, 15) is 8.42 Å². The quantitative estimate of drug-likeness (QED) is 0.839. The highest BCUT2D eigenvalue weighted by Crippen LogP contribution is 2.17. The summed E-state index contributed by atoms with van der Waals surface area (Å²) in [5.41, 5.74) is 1.18. The fourth-order valence-electron chi connectivity index (χ4n) is 3.11. The summed E-state index contributed by atoms with van der Waals surface area (Å²) in [5, 5.41) is 0. The first-order valence-corrected chi connectivity index (χ1v) is 9.73. The summed E-state index contributed by atoms with van der Waals surface area (Å²) in [5.74, 6) is 0.572. The van der Waals surface area contributed by atoms with Crippen LogP contribution < -0.4 is 4.72 Å². The number of nitrogens with one attached hydrogen (secondary N) is 1. The van der Waals surface area contributed by atoms with Crippen LogP contribution in [0.25, 0.3) is 0 Å².